The number of rotatable bonds is 2. The van der Waals surface area contributed by atoms with Crippen molar-refractivity contribution < 1.29 is 48.8 Å². The predicted molar refractivity (Wildman–Crippen MR) is 65.2 cm³/mol. The van der Waals surface area contributed by atoms with E-state index in [1.807, 2.05) is 0 Å². The fraction of sp³-hybridized carbons (Fsp3) is 1.00. The van der Waals surface area contributed by atoms with Crippen LogP contribution in [0.1, 0.15) is 0 Å². The maximum Gasteiger partial charge on any atom is 0.220 e. The number of hydrogen-bond donors (Lipinski definition) is 4. The zero-order chi connectivity index (χ0) is 16.1. The molecule has 3 saturated heterocycles. The van der Waals surface area contributed by atoms with Crippen molar-refractivity contribution in [2.24, 2.45) is 0 Å². The lowest BCUT2D eigenvalue weighted by Gasteiger charge is -2.56. The van der Waals surface area contributed by atoms with Gasteiger partial charge in [0.05, 0.1) is 0 Å². The molecule has 8 atom stereocenters. The summed E-state index contributed by atoms with van der Waals surface area (Å²) in [5, 5.41) is 41.3. The highest BCUT2D eigenvalue weighted by atomic mass is 16.8. The Hall–Kier alpha value is -0.400. The van der Waals surface area contributed by atoms with E-state index in [0.717, 1.165) is 0 Å². The number of methoxy groups -OCH3 is 2. The first kappa shape index (κ1) is 16.5. The van der Waals surface area contributed by atoms with Crippen LogP contribution in [0.25, 0.3) is 0 Å². The van der Waals surface area contributed by atoms with Crippen LogP contribution in [-0.4, -0.2) is 96.4 Å². The molecular weight excluding hydrogens is 304 g/mol. The van der Waals surface area contributed by atoms with Crippen LogP contribution >= 0.6 is 0 Å². The minimum atomic E-state index is -2.05. The van der Waals surface area contributed by atoms with Crippen LogP contribution in [0, 0.1) is 0 Å². The number of aliphatic hydroxyl groups excluding tert-OH is 2. The fourth-order valence-electron chi connectivity index (χ4n) is 2.96. The van der Waals surface area contributed by atoms with Crippen molar-refractivity contribution in [2.75, 3.05) is 27.4 Å². The zero-order valence-corrected chi connectivity index (χ0v) is 12.1. The number of aliphatic hydroxyl groups is 4. The van der Waals surface area contributed by atoms with Gasteiger partial charge in [-0.1, -0.05) is 0 Å². The van der Waals surface area contributed by atoms with Gasteiger partial charge in [-0.25, -0.2) is 0 Å². The minimum absolute atomic E-state index is 0.370. The summed E-state index contributed by atoms with van der Waals surface area (Å²) in [5.41, 5.74) is 0. The zero-order valence-electron chi connectivity index (χ0n) is 12.1. The van der Waals surface area contributed by atoms with E-state index in [1.165, 1.54) is 14.2 Å². The van der Waals surface area contributed by atoms with Gasteiger partial charge >= 0.3 is 0 Å². The van der Waals surface area contributed by atoms with E-state index >= 15 is 0 Å². The first-order chi connectivity index (χ1) is 10.3. The Morgan fingerprint density at radius 2 is 1.18 bits per heavy atom. The summed E-state index contributed by atoms with van der Waals surface area (Å²) < 4.78 is 31.0. The molecule has 2 unspecified atom stereocenters. The third-order valence-electron chi connectivity index (χ3n) is 4.10. The number of hydrogen-bond acceptors (Lipinski definition) is 10. The number of fused-ring (bicyclic) bond motifs is 2. The van der Waals surface area contributed by atoms with Gasteiger partial charge in [-0.05, 0) is 0 Å². The van der Waals surface area contributed by atoms with Gasteiger partial charge < -0.3 is 48.8 Å². The molecule has 128 valence electrons. The highest BCUT2D eigenvalue weighted by Crippen LogP contribution is 2.42. The van der Waals surface area contributed by atoms with E-state index in [1.54, 1.807) is 0 Å². The SMILES string of the molecule is CO[C@H]1OCC2(O)O[C@@H]3[C@@H](O)[C@@H](OC)OCC3(O)O[C@@H]2[C@H]1O. The van der Waals surface area contributed by atoms with E-state index in [0.29, 0.717) is 0 Å². The highest BCUT2D eigenvalue weighted by molar-refractivity contribution is 5.02. The van der Waals surface area contributed by atoms with Crippen molar-refractivity contribution in [1.82, 2.24) is 0 Å². The molecule has 3 aliphatic rings. The average molecular weight is 324 g/mol. The Kier molecular flexibility index (Phi) is 4.19. The molecule has 3 heterocycles. The van der Waals surface area contributed by atoms with Gasteiger partial charge in [0.25, 0.3) is 0 Å². The molecule has 22 heavy (non-hydrogen) atoms. The largest absolute Gasteiger partial charge is 0.385 e. The van der Waals surface area contributed by atoms with E-state index < -0.39 is 48.6 Å². The summed E-state index contributed by atoms with van der Waals surface area (Å²) in [6, 6.07) is 0. The van der Waals surface area contributed by atoms with Crippen LogP contribution in [0.5, 0.6) is 0 Å². The van der Waals surface area contributed by atoms with Crippen LogP contribution in [0.4, 0.5) is 0 Å². The first-order valence-corrected chi connectivity index (χ1v) is 6.80. The van der Waals surface area contributed by atoms with E-state index in [2.05, 4.69) is 0 Å². The first-order valence-electron chi connectivity index (χ1n) is 6.80. The molecule has 0 aliphatic carbocycles. The van der Waals surface area contributed by atoms with Gasteiger partial charge in [0, 0.05) is 14.2 Å². The van der Waals surface area contributed by atoms with Crippen molar-refractivity contribution in [2.45, 2.75) is 48.6 Å². The Labute approximate surface area is 126 Å². The van der Waals surface area contributed by atoms with Gasteiger partial charge in [0.2, 0.25) is 11.6 Å². The summed E-state index contributed by atoms with van der Waals surface area (Å²) in [5.74, 6) is -4.11. The molecule has 0 aromatic heterocycles. The summed E-state index contributed by atoms with van der Waals surface area (Å²) in [7, 11) is 2.63. The molecule has 10 heteroatoms. The lowest BCUT2D eigenvalue weighted by molar-refractivity contribution is -0.497. The summed E-state index contributed by atoms with van der Waals surface area (Å²) in [6.07, 6.45) is -7.60. The van der Waals surface area contributed by atoms with Crippen molar-refractivity contribution in [3.63, 3.8) is 0 Å². The molecule has 0 aromatic rings. The van der Waals surface area contributed by atoms with Crippen LogP contribution in [0.15, 0.2) is 0 Å². The Balaban J connectivity index is 1.86. The maximum atomic E-state index is 10.5. The molecule has 4 N–H and O–H groups in total. The summed E-state index contributed by atoms with van der Waals surface area (Å²) in [4.78, 5) is 0. The third-order valence-corrected chi connectivity index (χ3v) is 4.10. The molecule has 0 saturated carbocycles. The van der Waals surface area contributed by atoms with Crippen molar-refractivity contribution in [3.05, 3.63) is 0 Å². The summed E-state index contributed by atoms with van der Waals surface area (Å²) in [6.45, 7) is -0.740. The molecule has 3 aliphatic heterocycles. The van der Waals surface area contributed by atoms with Crippen molar-refractivity contribution >= 4 is 0 Å². The van der Waals surface area contributed by atoms with Crippen molar-refractivity contribution in [1.29, 1.82) is 0 Å². The van der Waals surface area contributed by atoms with E-state index in [9.17, 15) is 20.4 Å². The van der Waals surface area contributed by atoms with E-state index in [4.69, 9.17) is 28.4 Å². The monoisotopic (exact) mass is 324 g/mol. The van der Waals surface area contributed by atoms with Crippen LogP contribution in [-0.2, 0) is 28.4 Å². The van der Waals surface area contributed by atoms with Crippen molar-refractivity contribution in [3.8, 4) is 0 Å². The average Bonchev–Trinajstić information content (AvgIpc) is 2.49. The molecule has 0 bridgehead atoms. The van der Waals surface area contributed by atoms with Gasteiger partial charge in [0.1, 0.15) is 37.6 Å². The second kappa shape index (κ2) is 5.60. The van der Waals surface area contributed by atoms with Gasteiger partial charge in [0.15, 0.2) is 12.6 Å². The molecular formula is C12H20O10. The van der Waals surface area contributed by atoms with Crippen LogP contribution < -0.4 is 0 Å². The second-order valence-electron chi connectivity index (χ2n) is 5.58. The molecule has 0 amide bonds. The summed E-state index contributed by atoms with van der Waals surface area (Å²) >= 11 is 0. The maximum absolute atomic E-state index is 10.5. The van der Waals surface area contributed by atoms with Gasteiger partial charge in [-0.15, -0.1) is 0 Å². The molecule has 0 spiro atoms. The second-order valence-corrected chi connectivity index (χ2v) is 5.58. The normalized spacial score (nSPS) is 55.4. The van der Waals surface area contributed by atoms with Gasteiger partial charge in [-0.2, -0.15) is 0 Å². The predicted octanol–water partition coefficient (Wildman–Crippen LogP) is -3.13. The molecule has 10 nitrogen and oxygen atoms in total. The highest BCUT2D eigenvalue weighted by Gasteiger charge is 2.65. The fourth-order valence-corrected chi connectivity index (χ4v) is 2.96. The Morgan fingerprint density at radius 1 is 0.818 bits per heavy atom. The lowest BCUT2D eigenvalue weighted by Crippen LogP contribution is -2.77. The Bertz CT molecular complexity index is 383. The third kappa shape index (κ3) is 2.36. The molecule has 3 fully saturated rings. The lowest BCUT2D eigenvalue weighted by atomic mass is 9.93. The molecule has 0 aromatic carbocycles. The smallest absolute Gasteiger partial charge is 0.220 e. The topological polar surface area (TPSA) is 136 Å². The molecule has 3 rings (SSSR count). The number of ether oxygens (including phenoxy) is 6. The Morgan fingerprint density at radius 3 is 1.50 bits per heavy atom. The minimum Gasteiger partial charge on any atom is -0.385 e. The standard InChI is InChI=1S/C12H20O10/c1-17-9-5(13)7-11(15,3-19-9)22-8-6(14)10(18-2)20-4-12(8,16)21-7/h5-10,13-16H,3-4H2,1-2H3/t5-,6-,7-,8-,9+,10+,11?,12?/m1/s1. The quantitative estimate of drug-likeness (QED) is 0.413. The van der Waals surface area contributed by atoms with Crippen LogP contribution in [0.2, 0.25) is 0 Å². The van der Waals surface area contributed by atoms with Crippen LogP contribution in [0.3, 0.4) is 0 Å². The van der Waals surface area contributed by atoms with E-state index in [-0.39, 0.29) is 13.2 Å². The molecule has 0 radical (unpaired) electrons. The van der Waals surface area contributed by atoms with Gasteiger partial charge in [-0.3, -0.25) is 0 Å².